The van der Waals surface area contributed by atoms with Crippen molar-refractivity contribution in [3.8, 4) is 5.82 Å². The highest BCUT2D eigenvalue weighted by Crippen LogP contribution is 2.20. The highest BCUT2D eigenvalue weighted by molar-refractivity contribution is 5.97. The summed E-state index contributed by atoms with van der Waals surface area (Å²) in [4.78, 5) is 32.6. The number of benzene rings is 2. The molecule has 0 saturated heterocycles. The van der Waals surface area contributed by atoms with Crippen LogP contribution in [0.15, 0.2) is 73.1 Å². The summed E-state index contributed by atoms with van der Waals surface area (Å²) < 4.78 is 1.58. The van der Waals surface area contributed by atoms with Gasteiger partial charge in [-0.15, -0.1) is 0 Å². The third-order valence-corrected chi connectivity index (χ3v) is 5.76. The Bertz CT molecular complexity index is 1500. The second-order valence-electron chi connectivity index (χ2n) is 7.85. The minimum Gasteiger partial charge on any atom is -0.480 e. The number of aromatic amines is 1. The number of rotatable bonds is 6. The molecule has 3 aromatic heterocycles. The number of nitrogens with one attached hydrogen (secondary N) is 2. The SMILES string of the molecule is Cc1c(C(=O)NC(Cc2c[nH]c3ccccc23)C(=O)O)cnn1-c1ccc2ccccc2n1. The van der Waals surface area contributed by atoms with Crippen molar-refractivity contribution < 1.29 is 14.7 Å². The monoisotopic (exact) mass is 439 g/mol. The highest BCUT2D eigenvalue weighted by atomic mass is 16.4. The van der Waals surface area contributed by atoms with E-state index in [0.29, 0.717) is 17.1 Å². The molecule has 33 heavy (non-hydrogen) atoms. The Morgan fingerprint density at radius 1 is 1.09 bits per heavy atom. The molecule has 164 valence electrons. The third-order valence-electron chi connectivity index (χ3n) is 5.76. The molecular weight excluding hydrogens is 418 g/mol. The van der Waals surface area contributed by atoms with Crippen LogP contribution in [0.5, 0.6) is 0 Å². The minimum absolute atomic E-state index is 0.157. The number of H-pyrrole nitrogens is 1. The van der Waals surface area contributed by atoms with Gasteiger partial charge in [-0.3, -0.25) is 4.79 Å². The number of fused-ring (bicyclic) bond motifs is 2. The lowest BCUT2D eigenvalue weighted by molar-refractivity contribution is -0.139. The number of aromatic nitrogens is 4. The average molecular weight is 439 g/mol. The predicted molar refractivity (Wildman–Crippen MR) is 124 cm³/mol. The zero-order valence-electron chi connectivity index (χ0n) is 17.8. The third kappa shape index (κ3) is 3.82. The number of aliphatic carboxylic acids is 1. The van der Waals surface area contributed by atoms with Gasteiger partial charge in [0.05, 0.1) is 23.0 Å². The molecule has 1 amide bonds. The summed E-state index contributed by atoms with van der Waals surface area (Å²) in [5.74, 6) is -1.01. The molecule has 0 spiro atoms. The van der Waals surface area contributed by atoms with Crippen LogP contribution in [-0.2, 0) is 11.2 Å². The van der Waals surface area contributed by atoms with E-state index in [2.05, 4.69) is 20.4 Å². The number of pyridine rings is 1. The Balaban J connectivity index is 1.39. The molecule has 0 aliphatic rings. The lowest BCUT2D eigenvalue weighted by Crippen LogP contribution is -2.42. The smallest absolute Gasteiger partial charge is 0.326 e. The van der Waals surface area contributed by atoms with E-state index >= 15 is 0 Å². The molecule has 1 unspecified atom stereocenters. The molecule has 0 radical (unpaired) electrons. The molecule has 3 N–H and O–H groups in total. The first-order chi connectivity index (χ1) is 16.0. The summed E-state index contributed by atoms with van der Waals surface area (Å²) in [7, 11) is 0. The topological polar surface area (TPSA) is 113 Å². The first-order valence-electron chi connectivity index (χ1n) is 10.5. The van der Waals surface area contributed by atoms with Gasteiger partial charge in [-0.2, -0.15) is 5.10 Å². The largest absolute Gasteiger partial charge is 0.480 e. The number of carboxylic acid groups (broad SMARTS) is 1. The van der Waals surface area contributed by atoms with E-state index in [9.17, 15) is 14.7 Å². The molecule has 5 rings (SSSR count). The van der Waals surface area contributed by atoms with Crippen molar-refractivity contribution in [3.05, 3.63) is 89.9 Å². The van der Waals surface area contributed by atoms with Gasteiger partial charge in [-0.25, -0.2) is 14.5 Å². The molecule has 0 bridgehead atoms. The number of carboxylic acids is 1. The van der Waals surface area contributed by atoms with Crippen LogP contribution in [0.3, 0.4) is 0 Å². The van der Waals surface area contributed by atoms with Crippen LogP contribution in [0, 0.1) is 6.92 Å². The molecule has 5 aromatic rings. The summed E-state index contributed by atoms with van der Waals surface area (Å²) in [5, 5.41) is 18.6. The average Bonchev–Trinajstić information content (AvgIpc) is 3.41. The van der Waals surface area contributed by atoms with E-state index in [1.165, 1.54) is 6.20 Å². The molecular formula is C25H21N5O3. The second-order valence-corrected chi connectivity index (χ2v) is 7.85. The molecule has 0 aliphatic carbocycles. The Kier molecular flexibility index (Phi) is 5.10. The number of carbonyl (C=O) groups excluding carboxylic acids is 1. The second kappa shape index (κ2) is 8.23. The predicted octanol–water partition coefficient (Wildman–Crippen LogP) is 3.64. The summed E-state index contributed by atoms with van der Waals surface area (Å²) in [6.07, 6.45) is 3.37. The zero-order chi connectivity index (χ0) is 22.9. The van der Waals surface area contributed by atoms with E-state index in [4.69, 9.17) is 0 Å². The van der Waals surface area contributed by atoms with Gasteiger partial charge in [0.25, 0.3) is 5.91 Å². The van der Waals surface area contributed by atoms with Gasteiger partial charge in [0.15, 0.2) is 5.82 Å². The van der Waals surface area contributed by atoms with Crippen LogP contribution in [0.1, 0.15) is 21.6 Å². The van der Waals surface area contributed by atoms with Crippen molar-refractivity contribution in [2.45, 2.75) is 19.4 Å². The Hall–Kier alpha value is -4.46. The van der Waals surface area contributed by atoms with Gasteiger partial charge in [0.2, 0.25) is 0 Å². The maximum atomic E-state index is 13.0. The zero-order valence-corrected chi connectivity index (χ0v) is 17.8. The summed E-state index contributed by atoms with van der Waals surface area (Å²) >= 11 is 0. The standard InChI is InChI=1S/C25H21N5O3/c1-15-19(14-27-30(15)23-11-10-16-6-2-4-8-20(16)28-23)24(31)29-22(25(32)33)12-17-13-26-21-9-5-3-7-18(17)21/h2-11,13-14,22,26H,12H2,1H3,(H,29,31)(H,32,33). The molecule has 1 atom stereocenters. The molecule has 0 aliphatic heterocycles. The first kappa shape index (κ1) is 20.4. The van der Waals surface area contributed by atoms with Crippen LogP contribution >= 0.6 is 0 Å². The Morgan fingerprint density at radius 2 is 1.88 bits per heavy atom. The summed E-state index contributed by atoms with van der Waals surface area (Å²) in [5.41, 5.74) is 3.44. The van der Waals surface area contributed by atoms with Crippen molar-refractivity contribution in [1.82, 2.24) is 25.1 Å². The molecule has 8 nitrogen and oxygen atoms in total. The molecule has 0 fully saturated rings. The number of hydrogen-bond donors (Lipinski definition) is 3. The Morgan fingerprint density at radius 3 is 2.73 bits per heavy atom. The minimum atomic E-state index is -1.10. The molecule has 0 saturated carbocycles. The van der Waals surface area contributed by atoms with Crippen LogP contribution in [-0.4, -0.2) is 42.8 Å². The number of para-hydroxylation sites is 2. The lowest BCUT2D eigenvalue weighted by Gasteiger charge is -2.14. The fourth-order valence-electron chi connectivity index (χ4n) is 3.99. The van der Waals surface area contributed by atoms with Crippen LogP contribution in [0.2, 0.25) is 0 Å². The summed E-state index contributed by atoms with van der Waals surface area (Å²) in [6.45, 7) is 1.76. The maximum absolute atomic E-state index is 13.0. The number of hydrogen-bond acceptors (Lipinski definition) is 4. The van der Waals surface area contributed by atoms with E-state index in [-0.39, 0.29) is 6.42 Å². The van der Waals surface area contributed by atoms with Crippen LogP contribution in [0.25, 0.3) is 27.6 Å². The van der Waals surface area contributed by atoms with Crippen molar-refractivity contribution in [3.63, 3.8) is 0 Å². The van der Waals surface area contributed by atoms with E-state index in [0.717, 1.165) is 27.4 Å². The molecule has 8 heteroatoms. The van der Waals surface area contributed by atoms with Gasteiger partial charge < -0.3 is 15.4 Å². The maximum Gasteiger partial charge on any atom is 0.326 e. The normalized spacial score (nSPS) is 12.2. The van der Waals surface area contributed by atoms with Crippen molar-refractivity contribution >= 4 is 33.7 Å². The highest BCUT2D eigenvalue weighted by Gasteiger charge is 2.25. The van der Waals surface area contributed by atoms with Crippen LogP contribution < -0.4 is 5.32 Å². The van der Waals surface area contributed by atoms with E-state index in [1.54, 1.807) is 17.8 Å². The molecule has 3 heterocycles. The van der Waals surface area contributed by atoms with E-state index in [1.807, 2.05) is 60.7 Å². The number of nitrogens with zero attached hydrogens (tertiary/aromatic N) is 3. The van der Waals surface area contributed by atoms with Gasteiger partial charge in [-0.05, 0) is 36.8 Å². The van der Waals surface area contributed by atoms with Gasteiger partial charge in [0, 0.05) is 28.9 Å². The fraction of sp³-hybridized carbons (Fsp3) is 0.120. The van der Waals surface area contributed by atoms with E-state index < -0.39 is 17.9 Å². The van der Waals surface area contributed by atoms with Crippen molar-refractivity contribution in [1.29, 1.82) is 0 Å². The Labute approximate surface area is 188 Å². The number of amides is 1. The molecule has 2 aromatic carbocycles. The van der Waals surface area contributed by atoms with Gasteiger partial charge in [0.1, 0.15) is 6.04 Å². The first-order valence-corrected chi connectivity index (χ1v) is 10.5. The van der Waals surface area contributed by atoms with Crippen molar-refractivity contribution in [2.24, 2.45) is 0 Å². The van der Waals surface area contributed by atoms with Crippen LogP contribution in [0.4, 0.5) is 0 Å². The number of carbonyl (C=O) groups is 2. The van der Waals surface area contributed by atoms with Crippen molar-refractivity contribution in [2.75, 3.05) is 0 Å². The summed E-state index contributed by atoms with van der Waals surface area (Å²) in [6, 6.07) is 18.1. The quantitative estimate of drug-likeness (QED) is 0.374. The van der Waals surface area contributed by atoms with Gasteiger partial charge in [-0.1, -0.05) is 36.4 Å². The van der Waals surface area contributed by atoms with Gasteiger partial charge >= 0.3 is 5.97 Å². The fourth-order valence-corrected chi connectivity index (χ4v) is 3.99. The lowest BCUT2D eigenvalue weighted by atomic mass is 10.0.